The van der Waals surface area contributed by atoms with E-state index in [-0.39, 0.29) is 5.91 Å². The van der Waals surface area contributed by atoms with Crippen LogP contribution < -0.4 is 5.32 Å². The smallest absolute Gasteiger partial charge is 0.251 e. The molecular formula is C20H20N2OS2. The number of nitrogens with one attached hydrogen (secondary N) is 1. The number of carbonyl (C=O) groups excluding carboxylic acids is 1. The maximum atomic E-state index is 12.3. The zero-order valence-electron chi connectivity index (χ0n) is 14.3. The van der Waals surface area contributed by atoms with Gasteiger partial charge in [0.15, 0.2) is 0 Å². The molecule has 1 aromatic heterocycles. The molecule has 0 fully saturated rings. The molecule has 0 saturated heterocycles. The fourth-order valence-corrected chi connectivity index (χ4v) is 3.64. The lowest BCUT2D eigenvalue weighted by Crippen LogP contribution is -2.22. The summed E-state index contributed by atoms with van der Waals surface area (Å²) < 4.78 is 0. The molecule has 2 aromatic carbocycles. The number of benzene rings is 2. The van der Waals surface area contributed by atoms with Gasteiger partial charge in [-0.3, -0.25) is 4.79 Å². The average molecular weight is 369 g/mol. The van der Waals surface area contributed by atoms with Crippen molar-refractivity contribution in [1.82, 2.24) is 10.3 Å². The molecule has 0 atom stereocenters. The highest BCUT2D eigenvalue weighted by Crippen LogP contribution is 2.21. The monoisotopic (exact) mass is 368 g/mol. The predicted molar refractivity (Wildman–Crippen MR) is 107 cm³/mol. The van der Waals surface area contributed by atoms with Crippen LogP contribution in [0.1, 0.15) is 26.5 Å². The highest BCUT2D eigenvalue weighted by molar-refractivity contribution is 7.97. The second-order valence-corrected chi connectivity index (χ2v) is 7.69. The number of aromatic nitrogens is 1. The molecule has 3 rings (SSSR count). The van der Waals surface area contributed by atoms with Crippen molar-refractivity contribution in [3.63, 3.8) is 0 Å². The summed E-state index contributed by atoms with van der Waals surface area (Å²) in [5.74, 6) is 0.919. The van der Waals surface area contributed by atoms with Gasteiger partial charge in [-0.15, -0.1) is 11.3 Å². The van der Waals surface area contributed by atoms with Crippen LogP contribution in [0, 0.1) is 6.92 Å². The van der Waals surface area contributed by atoms with Crippen LogP contribution in [-0.2, 0) is 12.3 Å². The summed E-state index contributed by atoms with van der Waals surface area (Å²) in [6.07, 6.45) is 2.07. The number of hydrogen-bond donors (Lipinski definition) is 1. The molecule has 0 aliphatic heterocycles. The Balaban J connectivity index is 1.58. The first-order valence-corrected chi connectivity index (χ1v) is 10.3. The number of hydrogen-bond acceptors (Lipinski definition) is 4. The van der Waals surface area contributed by atoms with Gasteiger partial charge in [-0.1, -0.05) is 36.4 Å². The third-order valence-electron chi connectivity index (χ3n) is 3.85. The average Bonchev–Trinajstić information content (AvgIpc) is 3.07. The van der Waals surface area contributed by atoms with Crippen LogP contribution in [0.4, 0.5) is 0 Å². The first-order valence-electron chi connectivity index (χ1n) is 8.03. The number of thiazole rings is 1. The highest BCUT2D eigenvalue weighted by Gasteiger charge is 2.06. The standard InChI is InChI=1S/C20H20N2OS2/c1-14-22-19(13-25-14)17-7-3-15(4-8-17)11-21-20(23)18-9-5-16(6-10-18)12-24-2/h3-10,13H,11-12H2,1-2H3,(H,21,23). The predicted octanol–water partition coefficient (Wildman–Crippen LogP) is 4.91. The third-order valence-corrected chi connectivity index (χ3v) is 5.24. The van der Waals surface area contributed by atoms with Crippen molar-refractivity contribution in [1.29, 1.82) is 0 Å². The van der Waals surface area contributed by atoms with Crippen molar-refractivity contribution in [2.24, 2.45) is 0 Å². The Labute approximate surface area is 156 Å². The Bertz CT molecular complexity index is 839. The van der Waals surface area contributed by atoms with E-state index in [0.29, 0.717) is 12.1 Å². The molecule has 1 N–H and O–H groups in total. The molecule has 0 aliphatic carbocycles. The molecule has 0 spiro atoms. The molecule has 0 bridgehead atoms. The Morgan fingerprint density at radius 3 is 2.36 bits per heavy atom. The van der Waals surface area contributed by atoms with Gasteiger partial charge < -0.3 is 5.32 Å². The van der Waals surface area contributed by atoms with Crippen LogP contribution in [0.2, 0.25) is 0 Å². The van der Waals surface area contributed by atoms with Crippen LogP contribution in [0.25, 0.3) is 11.3 Å². The minimum absolute atomic E-state index is 0.0464. The van der Waals surface area contributed by atoms with Gasteiger partial charge in [-0.25, -0.2) is 4.98 Å². The molecule has 1 heterocycles. The van der Waals surface area contributed by atoms with Gasteiger partial charge in [-0.05, 0) is 36.4 Å². The molecule has 1 amide bonds. The zero-order valence-corrected chi connectivity index (χ0v) is 15.9. The van der Waals surface area contributed by atoms with Gasteiger partial charge >= 0.3 is 0 Å². The maximum Gasteiger partial charge on any atom is 0.251 e. The number of rotatable bonds is 6. The molecule has 5 heteroatoms. The van der Waals surface area contributed by atoms with Gasteiger partial charge in [-0.2, -0.15) is 11.8 Å². The maximum absolute atomic E-state index is 12.3. The van der Waals surface area contributed by atoms with Crippen LogP contribution in [0.5, 0.6) is 0 Å². The summed E-state index contributed by atoms with van der Waals surface area (Å²) in [6.45, 7) is 2.52. The Morgan fingerprint density at radius 1 is 1.08 bits per heavy atom. The first-order chi connectivity index (χ1) is 12.2. The lowest BCUT2D eigenvalue weighted by molar-refractivity contribution is 0.0951. The molecule has 25 heavy (non-hydrogen) atoms. The molecule has 0 saturated carbocycles. The van der Waals surface area contributed by atoms with Crippen LogP contribution in [0.3, 0.4) is 0 Å². The fourth-order valence-electron chi connectivity index (χ4n) is 2.49. The van der Waals surface area contributed by atoms with Crippen LogP contribution in [0.15, 0.2) is 53.9 Å². The van der Waals surface area contributed by atoms with Crippen LogP contribution >= 0.6 is 23.1 Å². The summed E-state index contributed by atoms with van der Waals surface area (Å²) >= 11 is 3.42. The lowest BCUT2D eigenvalue weighted by atomic mass is 10.1. The van der Waals surface area contributed by atoms with E-state index in [4.69, 9.17) is 0 Å². The second-order valence-electron chi connectivity index (χ2n) is 5.76. The normalized spacial score (nSPS) is 10.6. The van der Waals surface area contributed by atoms with E-state index >= 15 is 0 Å². The highest BCUT2D eigenvalue weighted by atomic mass is 32.2. The van der Waals surface area contributed by atoms with Crippen molar-refractivity contribution in [2.45, 2.75) is 19.2 Å². The minimum Gasteiger partial charge on any atom is -0.348 e. The van der Waals surface area contributed by atoms with Crippen molar-refractivity contribution < 1.29 is 4.79 Å². The van der Waals surface area contributed by atoms with Crippen LogP contribution in [-0.4, -0.2) is 17.1 Å². The quantitative estimate of drug-likeness (QED) is 0.672. The Kier molecular flexibility index (Phi) is 5.89. The Morgan fingerprint density at radius 2 is 1.76 bits per heavy atom. The summed E-state index contributed by atoms with van der Waals surface area (Å²) in [4.78, 5) is 16.7. The van der Waals surface area contributed by atoms with E-state index in [2.05, 4.69) is 21.9 Å². The molecule has 128 valence electrons. The van der Waals surface area contributed by atoms with E-state index in [9.17, 15) is 4.79 Å². The number of thioether (sulfide) groups is 1. The van der Waals surface area contributed by atoms with Crippen molar-refractivity contribution in [2.75, 3.05) is 6.26 Å². The topological polar surface area (TPSA) is 42.0 Å². The van der Waals surface area contributed by atoms with E-state index in [0.717, 1.165) is 27.6 Å². The van der Waals surface area contributed by atoms with Gasteiger partial charge in [0.1, 0.15) is 0 Å². The SMILES string of the molecule is CSCc1ccc(C(=O)NCc2ccc(-c3csc(C)n3)cc2)cc1. The van der Waals surface area contributed by atoms with Gasteiger partial charge in [0.05, 0.1) is 10.7 Å². The third kappa shape index (κ3) is 4.71. The van der Waals surface area contributed by atoms with E-state index < -0.39 is 0 Å². The summed E-state index contributed by atoms with van der Waals surface area (Å²) in [7, 11) is 0. The second kappa shape index (κ2) is 8.32. The molecule has 0 aliphatic rings. The fraction of sp³-hybridized carbons (Fsp3) is 0.200. The minimum atomic E-state index is -0.0464. The van der Waals surface area contributed by atoms with E-state index in [1.807, 2.05) is 55.5 Å². The van der Waals surface area contributed by atoms with Crippen molar-refractivity contribution >= 4 is 29.0 Å². The van der Waals surface area contributed by atoms with E-state index in [1.165, 1.54) is 5.56 Å². The van der Waals surface area contributed by atoms with E-state index in [1.54, 1.807) is 23.1 Å². The first kappa shape index (κ1) is 17.7. The molecular weight excluding hydrogens is 348 g/mol. The summed E-state index contributed by atoms with van der Waals surface area (Å²) in [6, 6.07) is 16.0. The number of aryl methyl sites for hydroxylation is 1. The number of nitrogens with zero attached hydrogens (tertiary/aromatic N) is 1. The summed E-state index contributed by atoms with van der Waals surface area (Å²) in [5.41, 5.74) is 5.10. The number of amides is 1. The van der Waals surface area contributed by atoms with Crippen molar-refractivity contribution in [3.05, 3.63) is 75.6 Å². The van der Waals surface area contributed by atoms with Gasteiger partial charge in [0.2, 0.25) is 0 Å². The summed E-state index contributed by atoms with van der Waals surface area (Å²) in [5, 5.41) is 6.10. The molecule has 0 radical (unpaired) electrons. The van der Waals surface area contributed by atoms with Crippen molar-refractivity contribution in [3.8, 4) is 11.3 Å². The van der Waals surface area contributed by atoms with Gasteiger partial charge in [0, 0.05) is 28.8 Å². The van der Waals surface area contributed by atoms with Gasteiger partial charge in [0.25, 0.3) is 5.91 Å². The Hall–Kier alpha value is -2.11. The molecule has 3 nitrogen and oxygen atoms in total. The lowest BCUT2D eigenvalue weighted by Gasteiger charge is -2.07. The zero-order chi connectivity index (χ0) is 17.6. The largest absolute Gasteiger partial charge is 0.348 e. The molecule has 0 unspecified atom stereocenters. The molecule has 3 aromatic rings. The number of carbonyl (C=O) groups is 1.